The lowest BCUT2D eigenvalue weighted by Crippen LogP contribution is -2.40. The average Bonchev–Trinajstić information content (AvgIpc) is 3.18. The fourth-order valence-corrected chi connectivity index (χ4v) is 3.97. The molecule has 5 heteroatoms. The van der Waals surface area contributed by atoms with Crippen LogP contribution in [0.15, 0.2) is 0 Å². The second kappa shape index (κ2) is 8.22. The zero-order chi connectivity index (χ0) is 14.3. The minimum Gasteiger partial charge on any atom is -0.314 e. The molecular weight excluding hydrogens is 260 g/mol. The molecule has 0 saturated heterocycles. The van der Waals surface area contributed by atoms with Crippen LogP contribution in [-0.4, -0.2) is 43.6 Å². The first kappa shape index (κ1) is 16.9. The largest absolute Gasteiger partial charge is 0.314 e. The molecule has 1 N–H and O–H groups in total. The molecule has 0 aromatic heterocycles. The number of hydrogen-bond acceptors (Lipinski definition) is 3. The zero-order valence-electron chi connectivity index (χ0n) is 12.7. The molecule has 0 aromatic carbocycles. The molecule has 0 aliphatic heterocycles. The van der Waals surface area contributed by atoms with E-state index in [0.717, 1.165) is 32.2 Å². The quantitative estimate of drug-likeness (QED) is 0.594. The number of sulfonamides is 1. The Hall–Kier alpha value is -0.130. The molecule has 1 atom stereocenters. The Balaban J connectivity index is 2.42. The average molecular weight is 290 g/mol. The van der Waals surface area contributed by atoms with Gasteiger partial charge in [0.25, 0.3) is 0 Å². The summed E-state index contributed by atoms with van der Waals surface area (Å²) in [4.78, 5) is 0. The third-order valence-corrected chi connectivity index (χ3v) is 5.82. The first-order valence-electron chi connectivity index (χ1n) is 7.74. The van der Waals surface area contributed by atoms with Crippen LogP contribution in [-0.2, 0) is 10.0 Å². The van der Waals surface area contributed by atoms with Crippen molar-refractivity contribution < 1.29 is 8.42 Å². The van der Waals surface area contributed by atoms with Crippen molar-refractivity contribution in [3.8, 4) is 0 Å². The first-order valence-corrected chi connectivity index (χ1v) is 9.35. The van der Waals surface area contributed by atoms with Crippen LogP contribution in [0.25, 0.3) is 0 Å². The molecule has 1 aliphatic rings. The van der Waals surface area contributed by atoms with E-state index >= 15 is 0 Å². The molecule has 1 saturated carbocycles. The molecule has 1 unspecified atom stereocenters. The van der Waals surface area contributed by atoms with Gasteiger partial charge < -0.3 is 5.32 Å². The van der Waals surface area contributed by atoms with Crippen LogP contribution in [0.3, 0.4) is 0 Å². The SMILES string of the molecule is CCCCN(C(C)CC)S(=O)(=O)CCCNC1CC1. The van der Waals surface area contributed by atoms with Gasteiger partial charge in [0.1, 0.15) is 0 Å². The van der Waals surface area contributed by atoms with E-state index in [1.165, 1.54) is 12.8 Å². The Kier molecular flexibility index (Phi) is 7.32. The Morgan fingerprint density at radius 3 is 2.47 bits per heavy atom. The molecule has 19 heavy (non-hydrogen) atoms. The van der Waals surface area contributed by atoms with Gasteiger partial charge in [0, 0.05) is 18.6 Å². The maximum Gasteiger partial charge on any atom is 0.214 e. The van der Waals surface area contributed by atoms with Crippen molar-refractivity contribution in [2.24, 2.45) is 0 Å². The third kappa shape index (κ3) is 6.23. The summed E-state index contributed by atoms with van der Waals surface area (Å²) >= 11 is 0. The normalized spacial score (nSPS) is 17.9. The maximum atomic E-state index is 12.4. The van der Waals surface area contributed by atoms with Crippen molar-refractivity contribution in [3.63, 3.8) is 0 Å². The van der Waals surface area contributed by atoms with Gasteiger partial charge in [0.05, 0.1) is 5.75 Å². The summed E-state index contributed by atoms with van der Waals surface area (Å²) in [7, 11) is -3.09. The van der Waals surface area contributed by atoms with Gasteiger partial charge in [-0.05, 0) is 45.6 Å². The van der Waals surface area contributed by atoms with E-state index in [1.54, 1.807) is 4.31 Å². The lowest BCUT2D eigenvalue weighted by molar-refractivity contribution is 0.324. The highest BCUT2D eigenvalue weighted by atomic mass is 32.2. The fourth-order valence-electron chi connectivity index (χ4n) is 2.12. The molecule has 1 aliphatic carbocycles. The van der Waals surface area contributed by atoms with E-state index in [-0.39, 0.29) is 11.8 Å². The molecule has 4 nitrogen and oxygen atoms in total. The van der Waals surface area contributed by atoms with Crippen molar-refractivity contribution in [2.45, 2.75) is 71.4 Å². The second-order valence-corrected chi connectivity index (χ2v) is 7.66. The Labute approximate surface area is 119 Å². The van der Waals surface area contributed by atoms with Gasteiger partial charge >= 0.3 is 0 Å². The zero-order valence-corrected chi connectivity index (χ0v) is 13.5. The smallest absolute Gasteiger partial charge is 0.214 e. The van der Waals surface area contributed by atoms with E-state index in [2.05, 4.69) is 12.2 Å². The molecule has 0 amide bonds. The molecular formula is C14H30N2O2S. The monoisotopic (exact) mass is 290 g/mol. The third-order valence-electron chi connectivity index (χ3n) is 3.76. The summed E-state index contributed by atoms with van der Waals surface area (Å²) in [5.74, 6) is 0.279. The van der Waals surface area contributed by atoms with Gasteiger partial charge in [0.2, 0.25) is 10.0 Å². The van der Waals surface area contributed by atoms with Crippen LogP contribution in [0.4, 0.5) is 0 Å². The topological polar surface area (TPSA) is 49.4 Å². The summed E-state index contributed by atoms with van der Waals surface area (Å²) in [6.07, 6.45) is 6.08. The predicted octanol–water partition coefficient (Wildman–Crippen LogP) is 2.36. The van der Waals surface area contributed by atoms with Crippen molar-refractivity contribution in [1.82, 2.24) is 9.62 Å². The maximum absolute atomic E-state index is 12.4. The lowest BCUT2D eigenvalue weighted by atomic mass is 10.2. The highest BCUT2D eigenvalue weighted by Crippen LogP contribution is 2.18. The highest BCUT2D eigenvalue weighted by Gasteiger charge is 2.26. The molecule has 114 valence electrons. The van der Waals surface area contributed by atoms with Crippen LogP contribution in [0.1, 0.15) is 59.3 Å². The molecule has 1 rings (SSSR count). The first-order chi connectivity index (χ1) is 9.01. The summed E-state index contributed by atoms with van der Waals surface area (Å²) < 4.78 is 26.5. The van der Waals surface area contributed by atoms with E-state index in [0.29, 0.717) is 12.6 Å². The van der Waals surface area contributed by atoms with Gasteiger partial charge in [-0.2, -0.15) is 4.31 Å². The van der Waals surface area contributed by atoms with Gasteiger partial charge in [-0.1, -0.05) is 20.3 Å². The van der Waals surface area contributed by atoms with Crippen molar-refractivity contribution in [2.75, 3.05) is 18.8 Å². The van der Waals surface area contributed by atoms with Gasteiger partial charge in [-0.15, -0.1) is 0 Å². The summed E-state index contributed by atoms with van der Waals surface area (Å²) in [5, 5.41) is 3.37. The van der Waals surface area contributed by atoms with Crippen LogP contribution in [0.5, 0.6) is 0 Å². The van der Waals surface area contributed by atoms with Crippen molar-refractivity contribution in [3.05, 3.63) is 0 Å². The number of nitrogens with zero attached hydrogens (tertiary/aromatic N) is 1. The number of nitrogens with one attached hydrogen (secondary N) is 1. The van der Waals surface area contributed by atoms with Crippen molar-refractivity contribution >= 4 is 10.0 Å². The van der Waals surface area contributed by atoms with E-state index in [9.17, 15) is 8.42 Å². The van der Waals surface area contributed by atoms with Crippen LogP contribution < -0.4 is 5.32 Å². The fraction of sp³-hybridized carbons (Fsp3) is 1.00. The Bertz CT molecular complexity index is 339. The van der Waals surface area contributed by atoms with E-state index < -0.39 is 10.0 Å². The van der Waals surface area contributed by atoms with Gasteiger partial charge in [-0.3, -0.25) is 0 Å². The minimum atomic E-state index is -3.09. The summed E-state index contributed by atoms with van der Waals surface area (Å²) in [5.41, 5.74) is 0. The van der Waals surface area contributed by atoms with Gasteiger partial charge in [-0.25, -0.2) is 8.42 Å². The molecule has 0 aromatic rings. The lowest BCUT2D eigenvalue weighted by Gasteiger charge is -2.27. The molecule has 0 bridgehead atoms. The predicted molar refractivity (Wildman–Crippen MR) is 80.8 cm³/mol. The number of hydrogen-bond donors (Lipinski definition) is 1. The van der Waals surface area contributed by atoms with E-state index in [4.69, 9.17) is 0 Å². The van der Waals surface area contributed by atoms with Crippen LogP contribution in [0, 0.1) is 0 Å². The summed E-state index contributed by atoms with van der Waals surface area (Å²) in [6.45, 7) is 7.65. The minimum absolute atomic E-state index is 0.118. The van der Waals surface area contributed by atoms with Crippen LogP contribution >= 0.6 is 0 Å². The van der Waals surface area contributed by atoms with Crippen molar-refractivity contribution in [1.29, 1.82) is 0 Å². The molecule has 0 spiro atoms. The highest BCUT2D eigenvalue weighted by molar-refractivity contribution is 7.89. The van der Waals surface area contributed by atoms with Gasteiger partial charge in [0.15, 0.2) is 0 Å². The van der Waals surface area contributed by atoms with Crippen LogP contribution in [0.2, 0.25) is 0 Å². The van der Waals surface area contributed by atoms with E-state index in [1.807, 2.05) is 13.8 Å². The Morgan fingerprint density at radius 2 is 1.95 bits per heavy atom. The molecule has 0 heterocycles. The standard InChI is InChI=1S/C14H30N2O2S/c1-4-6-11-16(13(3)5-2)19(17,18)12-7-10-15-14-8-9-14/h13-15H,4-12H2,1-3H3. The number of unbranched alkanes of at least 4 members (excludes halogenated alkanes) is 1. The second-order valence-electron chi connectivity index (χ2n) is 5.62. The summed E-state index contributed by atoms with van der Waals surface area (Å²) in [6, 6.07) is 0.779. The molecule has 0 radical (unpaired) electrons. The Morgan fingerprint density at radius 1 is 1.26 bits per heavy atom. The number of rotatable bonds is 11. The molecule has 1 fully saturated rings.